The summed E-state index contributed by atoms with van der Waals surface area (Å²) in [5.41, 5.74) is 0.0542. The van der Waals surface area contributed by atoms with E-state index in [0.717, 1.165) is 6.08 Å². The Kier molecular flexibility index (Phi) is 5.11. The van der Waals surface area contributed by atoms with E-state index in [2.05, 4.69) is 9.97 Å². The Morgan fingerprint density at radius 3 is 2.91 bits per heavy atom. The van der Waals surface area contributed by atoms with E-state index in [9.17, 15) is 18.4 Å². The number of amides is 2. The van der Waals surface area contributed by atoms with Crippen molar-refractivity contribution >= 4 is 11.8 Å². The molecular formula is C23H28F2N4O3. The average Bonchev–Trinajstić information content (AvgIpc) is 3.34. The van der Waals surface area contributed by atoms with Gasteiger partial charge in [0.25, 0.3) is 5.91 Å². The fourth-order valence-electron chi connectivity index (χ4n) is 5.64. The van der Waals surface area contributed by atoms with Crippen LogP contribution < -0.4 is 0 Å². The van der Waals surface area contributed by atoms with Gasteiger partial charge in [-0.3, -0.25) is 14.6 Å². The summed E-state index contributed by atoms with van der Waals surface area (Å²) in [5.74, 6) is -2.14. The zero-order valence-electron chi connectivity index (χ0n) is 18.1. The van der Waals surface area contributed by atoms with Gasteiger partial charge in [-0.2, -0.15) is 0 Å². The third kappa shape index (κ3) is 3.52. The summed E-state index contributed by atoms with van der Waals surface area (Å²) in [7, 11) is 0. The molecule has 2 saturated heterocycles. The molecule has 0 spiro atoms. The summed E-state index contributed by atoms with van der Waals surface area (Å²) in [4.78, 5) is 37.9. The summed E-state index contributed by atoms with van der Waals surface area (Å²) in [6.45, 7) is 4.46. The fourth-order valence-corrected chi connectivity index (χ4v) is 5.64. The number of aryl methyl sites for hydroxylation is 1. The van der Waals surface area contributed by atoms with Crippen molar-refractivity contribution in [3.05, 3.63) is 47.6 Å². The monoisotopic (exact) mass is 446 g/mol. The Balaban J connectivity index is 0.00000259. The van der Waals surface area contributed by atoms with Gasteiger partial charge in [0.1, 0.15) is 23.1 Å². The first kappa shape index (κ1) is 21.2. The van der Waals surface area contributed by atoms with Gasteiger partial charge in [0.05, 0.1) is 18.5 Å². The summed E-state index contributed by atoms with van der Waals surface area (Å²) in [5, 5.41) is 0. The van der Waals surface area contributed by atoms with Crippen molar-refractivity contribution in [3.63, 3.8) is 0 Å². The predicted octanol–water partition coefficient (Wildman–Crippen LogP) is 3.18. The lowest BCUT2D eigenvalue weighted by molar-refractivity contribution is -0.166. The Labute approximate surface area is 186 Å². The first-order valence-electron chi connectivity index (χ1n) is 11.1. The number of carbonyl (C=O) groups is 2. The summed E-state index contributed by atoms with van der Waals surface area (Å²) < 4.78 is 34.2. The zero-order valence-corrected chi connectivity index (χ0v) is 18.1. The van der Waals surface area contributed by atoms with Crippen LogP contribution in [0.2, 0.25) is 0 Å². The van der Waals surface area contributed by atoms with Crippen LogP contribution in [0.15, 0.2) is 36.2 Å². The average molecular weight is 446 g/mol. The van der Waals surface area contributed by atoms with Crippen LogP contribution in [0, 0.1) is 24.7 Å². The fraction of sp³-hybridized carbons (Fsp3) is 0.565. The summed E-state index contributed by atoms with van der Waals surface area (Å²) >= 11 is 0. The molecule has 1 saturated carbocycles. The molecule has 0 radical (unpaired) electrons. The number of hydrogen-bond donors (Lipinski definition) is 0. The molecule has 5 rings (SSSR count). The number of ether oxygens (including phenoxy) is 1. The van der Waals surface area contributed by atoms with E-state index < -0.39 is 17.4 Å². The molecule has 0 N–H and O–H groups in total. The Morgan fingerprint density at radius 1 is 1.31 bits per heavy atom. The maximum atomic E-state index is 14.3. The maximum absolute atomic E-state index is 14.3. The predicted molar refractivity (Wildman–Crippen MR) is 112 cm³/mol. The number of allylic oxidation sites excluding steroid dienone is 4. The number of hydrogen-bond acceptors (Lipinski definition) is 5. The van der Waals surface area contributed by atoms with Crippen molar-refractivity contribution in [2.75, 3.05) is 19.7 Å². The van der Waals surface area contributed by atoms with Gasteiger partial charge < -0.3 is 14.5 Å². The minimum atomic E-state index is -0.821. The number of nitrogens with zero attached hydrogens (tertiary/aromatic N) is 4. The van der Waals surface area contributed by atoms with E-state index >= 15 is 0 Å². The van der Waals surface area contributed by atoms with Crippen molar-refractivity contribution in [3.8, 4) is 0 Å². The number of rotatable bonds is 2. The molecule has 0 aromatic carbocycles. The highest BCUT2D eigenvalue weighted by atomic mass is 19.1. The molecule has 4 unspecified atom stereocenters. The third-order valence-electron chi connectivity index (χ3n) is 7.17. The molecule has 1 aromatic rings. The van der Waals surface area contributed by atoms with Crippen LogP contribution in [0.5, 0.6) is 0 Å². The first-order valence-corrected chi connectivity index (χ1v) is 11.1. The standard InChI is InChI=1S/C23H26F2N4O3.H2/c1-13-11-26-12-17(27-13)22(31)28-6-4-19(30)29-18(3-5-23(29,2)32-8-7-28)21-15-9-14(24)10-16(25)20(15)21;/h9-12,15,18,20-21H,3-8H2,1-2H3;1H/t15?,18-,20?,21?,23?;/m0./s1. The highest BCUT2D eigenvalue weighted by Crippen LogP contribution is 2.60. The van der Waals surface area contributed by atoms with E-state index in [4.69, 9.17) is 4.74 Å². The molecule has 4 aliphatic rings. The molecule has 2 aliphatic heterocycles. The van der Waals surface area contributed by atoms with Crippen molar-refractivity contribution < 1.29 is 24.5 Å². The van der Waals surface area contributed by atoms with E-state index in [-0.39, 0.29) is 62.3 Å². The second kappa shape index (κ2) is 7.72. The molecule has 1 aromatic heterocycles. The van der Waals surface area contributed by atoms with Crippen LogP contribution in [-0.2, 0) is 9.53 Å². The molecule has 9 heteroatoms. The second-order valence-corrected chi connectivity index (χ2v) is 9.24. The minimum absolute atomic E-state index is 0. The van der Waals surface area contributed by atoms with Gasteiger partial charge >= 0.3 is 0 Å². The smallest absolute Gasteiger partial charge is 0.274 e. The van der Waals surface area contributed by atoms with Crippen LogP contribution >= 0.6 is 0 Å². The quantitative estimate of drug-likeness (QED) is 0.698. The lowest BCUT2D eigenvalue weighted by atomic mass is 10.1. The van der Waals surface area contributed by atoms with Crippen molar-refractivity contribution in [2.24, 2.45) is 17.8 Å². The Morgan fingerprint density at radius 2 is 2.12 bits per heavy atom. The zero-order chi connectivity index (χ0) is 22.6. The van der Waals surface area contributed by atoms with Crippen LogP contribution in [0.4, 0.5) is 8.78 Å². The van der Waals surface area contributed by atoms with Crippen molar-refractivity contribution in [2.45, 2.75) is 44.9 Å². The lowest BCUT2D eigenvalue weighted by Gasteiger charge is -2.38. The van der Waals surface area contributed by atoms with E-state index in [1.54, 1.807) is 22.9 Å². The molecule has 32 heavy (non-hydrogen) atoms. The van der Waals surface area contributed by atoms with Gasteiger partial charge in [0.15, 0.2) is 0 Å². The normalized spacial score (nSPS) is 34.6. The van der Waals surface area contributed by atoms with Crippen LogP contribution in [0.25, 0.3) is 0 Å². The highest BCUT2D eigenvalue weighted by molar-refractivity contribution is 5.92. The highest BCUT2D eigenvalue weighted by Gasteiger charge is 2.62. The molecule has 0 bridgehead atoms. The second-order valence-electron chi connectivity index (χ2n) is 9.24. The van der Waals surface area contributed by atoms with Gasteiger partial charge in [0, 0.05) is 45.2 Å². The van der Waals surface area contributed by atoms with Gasteiger partial charge in [-0.1, -0.05) is 0 Å². The van der Waals surface area contributed by atoms with Gasteiger partial charge in [-0.15, -0.1) is 0 Å². The van der Waals surface area contributed by atoms with Crippen LogP contribution in [-0.4, -0.2) is 63.0 Å². The number of fused-ring (bicyclic) bond motifs is 2. The third-order valence-corrected chi connectivity index (χ3v) is 7.17. The van der Waals surface area contributed by atoms with E-state index in [1.807, 2.05) is 6.92 Å². The maximum Gasteiger partial charge on any atom is 0.274 e. The number of aromatic nitrogens is 2. The molecule has 7 nitrogen and oxygen atoms in total. The SMILES string of the molecule is Cc1cncc(C(=O)N2CCOC3(C)CC[C@@H](C4C5C=C(F)C=C(F)C54)N3C(=O)CC2)n1.[HH]. The lowest BCUT2D eigenvalue weighted by Crippen LogP contribution is -2.51. The van der Waals surface area contributed by atoms with E-state index in [0.29, 0.717) is 25.1 Å². The van der Waals surface area contributed by atoms with Gasteiger partial charge in [-0.05, 0) is 44.6 Å². The van der Waals surface area contributed by atoms with Gasteiger partial charge in [0.2, 0.25) is 5.91 Å². The molecule has 172 valence electrons. The topological polar surface area (TPSA) is 75.6 Å². The molecular weight excluding hydrogens is 418 g/mol. The molecule has 2 aliphatic carbocycles. The largest absolute Gasteiger partial charge is 0.354 e. The van der Waals surface area contributed by atoms with E-state index in [1.165, 1.54) is 12.3 Å². The summed E-state index contributed by atoms with van der Waals surface area (Å²) in [6.07, 6.45) is 6.85. The molecule has 3 fully saturated rings. The van der Waals surface area contributed by atoms with Crippen LogP contribution in [0.3, 0.4) is 0 Å². The Hall–Kier alpha value is -2.68. The van der Waals surface area contributed by atoms with Crippen molar-refractivity contribution in [1.29, 1.82) is 0 Å². The van der Waals surface area contributed by atoms with Crippen molar-refractivity contribution in [1.82, 2.24) is 19.8 Å². The summed E-state index contributed by atoms with van der Waals surface area (Å²) in [6, 6.07) is -0.214. The van der Waals surface area contributed by atoms with Gasteiger partial charge in [-0.25, -0.2) is 13.8 Å². The molecule has 2 amide bonds. The van der Waals surface area contributed by atoms with Crippen LogP contribution in [0.1, 0.15) is 43.8 Å². The Bertz CT molecular complexity index is 1030. The molecule has 3 heterocycles. The number of carbonyl (C=O) groups excluding carboxylic acids is 2. The molecule has 5 atom stereocenters. The number of halogens is 2. The first-order chi connectivity index (χ1) is 15.3. The minimum Gasteiger partial charge on any atom is -0.354 e.